The summed E-state index contributed by atoms with van der Waals surface area (Å²) in [6.45, 7) is 7.55. The van der Waals surface area contributed by atoms with Crippen LogP contribution in [0.1, 0.15) is 124 Å². The number of esters is 2. The molecule has 1 rings (SSSR count). The quantitative estimate of drug-likeness (QED) is 0.182. The number of rotatable bonds is 17. The van der Waals surface area contributed by atoms with E-state index in [-0.39, 0.29) is 23.8 Å². The summed E-state index contributed by atoms with van der Waals surface area (Å²) in [6, 6.07) is 0. The van der Waals surface area contributed by atoms with E-state index in [2.05, 4.69) is 20.8 Å². The number of hydrogen-bond donors (Lipinski definition) is 0. The highest BCUT2D eigenvalue weighted by atomic mass is 16.5. The van der Waals surface area contributed by atoms with Gasteiger partial charge in [0.05, 0.1) is 25.0 Å². The Morgan fingerprint density at radius 2 is 1.13 bits per heavy atom. The van der Waals surface area contributed by atoms with E-state index in [1.807, 2.05) is 0 Å². The Hall–Kier alpha value is -1.06. The molecule has 0 spiro atoms. The zero-order chi connectivity index (χ0) is 22.0. The van der Waals surface area contributed by atoms with Gasteiger partial charge in [0.2, 0.25) is 0 Å². The Labute approximate surface area is 185 Å². The second-order valence-electron chi connectivity index (χ2n) is 9.55. The van der Waals surface area contributed by atoms with Crippen molar-refractivity contribution in [2.75, 3.05) is 13.2 Å². The number of carbonyl (C=O) groups is 2. The van der Waals surface area contributed by atoms with E-state index < -0.39 is 0 Å². The van der Waals surface area contributed by atoms with Crippen molar-refractivity contribution in [1.82, 2.24) is 0 Å². The minimum Gasteiger partial charge on any atom is -0.465 e. The van der Waals surface area contributed by atoms with E-state index in [0.717, 1.165) is 51.4 Å². The molecule has 1 aliphatic carbocycles. The molecule has 2 atom stereocenters. The molecule has 30 heavy (non-hydrogen) atoms. The summed E-state index contributed by atoms with van der Waals surface area (Å²) in [4.78, 5) is 25.0. The minimum absolute atomic E-state index is 0.185. The molecule has 2 unspecified atom stereocenters. The van der Waals surface area contributed by atoms with Crippen LogP contribution in [0.3, 0.4) is 0 Å². The van der Waals surface area contributed by atoms with E-state index in [4.69, 9.17) is 9.47 Å². The topological polar surface area (TPSA) is 52.6 Å². The van der Waals surface area contributed by atoms with Gasteiger partial charge >= 0.3 is 11.9 Å². The van der Waals surface area contributed by atoms with Crippen molar-refractivity contribution in [3.8, 4) is 0 Å². The molecule has 0 aromatic heterocycles. The van der Waals surface area contributed by atoms with E-state index >= 15 is 0 Å². The van der Waals surface area contributed by atoms with Crippen molar-refractivity contribution in [2.24, 2.45) is 17.8 Å². The van der Waals surface area contributed by atoms with Gasteiger partial charge in [-0.15, -0.1) is 0 Å². The van der Waals surface area contributed by atoms with Gasteiger partial charge in [-0.05, 0) is 38.0 Å². The first-order valence-electron chi connectivity index (χ1n) is 12.9. The Balaban J connectivity index is 2.15. The molecule has 0 radical (unpaired) electrons. The van der Waals surface area contributed by atoms with Gasteiger partial charge in [0, 0.05) is 0 Å². The standard InChI is InChI=1S/C26H48O4/c1-4-5-6-7-8-9-10-11-12-15-20-29-25(27)23-18-13-14-19-24(23)26(28)30-21-16-17-22(2)3/h22-24H,4-21H2,1-3H3. The third kappa shape index (κ3) is 12.6. The maximum absolute atomic E-state index is 12.6. The molecule has 0 N–H and O–H groups in total. The van der Waals surface area contributed by atoms with E-state index in [0.29, 0.717) is 19.1 Å². The van der Waals surface area contributed by atoms with Crippen molar-refractivity contribution in [3.05, 3.63) is 0 Å². The normalized spacial score (nSPS) is 19.1. The minimum atomic E-state index is -0.307. The predicted octanol–water partition coefficient (Wildman–Crippen LogP) is 7.24. The lowest BCUT2D eigenvalue weighted by molar-refractivity contribution is -0.163. The van der Waals surface area contributed by atoms with Gasteiger partial charge in [0.15, 0.2) is 0 Å². The molecule has 1 saturated carbocycles. The van der Waals surface area contributed by atoms with Gasteiger partial charge in [-0.2, -0.15) is 0 Å². The van der Waals surface area contributed by atoms with Crippen molar-refractivity contribution in [2.45, 2.75) is 124 Å². The lowest BCUT2D eigenvalue weighted by Crippen LogP contribution is -2.35. The van der Waals surface area contributed by atoms with Crippen LogP contribution in [0.4, 0.5) is 0 Å². The molecule has 0 aromatic rings. The molecule has 176 valence electrons. The second kappa shape index (κ2) is 17.6. The van der Waals surface area contributed by atoms with Crippen molar-refractivity contribution in [3.63, 3.8) is 0 Å². The Morgan fingerprint density at radius 3 is 1.60 bits per heavy atom. The van der Waals surface area contributed by atoms with Gasteiger partial charge in [-0.25, -0.2) is 0 Å². The smallest absolute Gasteiger partial charge is 0.309 e. The third-order valence-electron chi connectivity index (χ3n) is 6.28. The van der Waals surface area contributed by atoms with Gasteiger partial charge in [-0.3, -0.25) is 9.59 Å². The van der Waals surface area contributed by atoms with Gasteiger partial charge in [-0.1, -0.05) is 91.4 Å². The molecule has 1 aliphatic rings. The molecule has 0 saturated heterocycles. The molecule has 0 amide bonds. The molecule has 4 heteroatoms. The predicted molar refractivity (Wildman–Crippen MR) is 123 cm³/mol. The fraction of sp³-hybridized carbons (Fsp3) is 0.923. The zero-order valence-corrected chi connectivity index (χ0v) is 20.1. The Bertz CT molecular complexity index is 446. The summed E-state index contributed by atoms with van der Waals surface area (Å²) in [6.07, 6.45) is 18.1. The first-order valence-corrected chi connectivity index (χ1v) is 12.9. The van der Waals surface area contributed by atoms with Crippen LogP contribution in [0, 0.1) is 17.8 Å². The highest BCUT2D eigenvalue weighted by Gasteiger charge is 2.37. The average molecular weight is 425 g/mol. The van der Waals surface area contributed by atoms with Crippen molar-refractivity contribution in [1.29, 1.82) is 0 Å². The van der Waals surface area contributed by atoms with E-state index in [1.54, 1.807) is 0 Å². The largest absolute Gasteiger partial charge is 0.465 e. The van der Waals surface area contributed by atoms with E-state index in [1.165, 1.54) is 51.4 Å². The van der Waals surface area contributed by atoms with Crippen molar-refractivity contribution < 1.29 is 19.1 Å². The molecule has 0 aliphatic heterocycles. The fourth-order valence-corrected chi connectivity index (χ4v) is 4.34. The Morgan fingerprint density at radius 1 is 0.700 bits per heavy atom. The molecular weight excluding hydrogens is 376 g/mol. The molecule has 4 nitrogen and oxygen atoms in total. The third-order valence-corrected chi connectivity index (χ3v) is 6.28. The highest BCUT2D eigenvalue weighted by molar-refractivity contribution is 5.82. The second-order valence-corrected chi connectivity index (χ2v) is 9.55. The van der Waals surface area contributed by atoms with Crippen LogP contribution in [0.5, 0.6) is 0 Å². The molecule has 0 aromatic carbocycles. The van der Waals surface area contributed by atoms with Crippen LogP contribution >= 0.6 is 0 Å². The van der Waals surface area contributed by atoms with Crippen LogP contribution in [-0.2, 0) is 19.1 Å². The first-order chi connectivity index (χ1) is 14.6. The van der Waals surface area contributed by atoms with Crippen LogP contribution in [0.15, 0.2) is 0 Å². The van der Waals surface area contributed by atoms with Crippen LogP contribution in [0.2, 0.25) is 0 Å². The van der Waals surface area contributed by atoms with E-state index in [9.17, 15) is 9.59 Å². The summed E-state index contributed by atoms with van der Waals surface area (Å²) in [5.41, 5.74) is 0. The summed E-state index contributed by atoms with van der Waals surface area (Å²) in [7, 11) is 0. The molecular formula is C26H48O4. The van der Waals surface area contributed by atoms with Crippen molar-refractivity contribution >= 4 is 11.9 Å². The zero-order valence-electron chi connectivity index (χ0n) is 20.1. The number of hydrogen-bond acceptors (Lipinski definition) is 4. The summed E-state index contributed by atoms with van der Waals surface area (Å²) in [5, 5.41) is 0. The van der Waals surface area contributed by atoms with Gasteiger partial charge in [0.25, 0.3) is 0 Å². The maximum atomic E-state index is 12.6. The van der Waals surface area contributed by atoms with Crippen LogP contribution in [-0.4, -0.2) is 25.2 Å². The highest BCUT2D eigenvalue weighted by Crippen LogP contribution is 2.32. The SMILES string of the molecule is CCCCCCCCCCCCOC(=O)C1CCCCC1C(=O)OCCCC(C)C. The molecule has 1 fully saturated rings. The molecule has 0 heterocycles. The number of carbonyl (C=O) groups excluding carboxylic acids is 2. The number of ether oxygens (including phenoxy) is 2. The molecule has 0 bridgehead atoms. The monoisotopic (exact) mass is 424 g/mol. The summed E-state index contributed by atoms with van der Waals surface area (Å²) in [5.74, 6) is -0.376. The first kappa shape index (κ1) is 27.0. The van der Waals surface area contributed by atoms with Crippen LogP contribution in [0.25, 0.3) is 0 Å². The Kier molecular flexibility index (Phi) is 15.8. The lowest BCUT2D eigenvalue weighted by atomic mass is 9.79. The summed E-state index contributed by atoms with van der Waals surface area (Å²) < 4.78 is 11.0. The fourth-order valence-electron chi connectivity index (χ4n) is 4.34. The number of unbranched alkanes of at least 4 members (excludes halogenated alkanes) is 9. The average Bonchev–Trinajstić information content (AvgIpc) is 2.74. The van der Waals surface area contributed by atoms with Gasteiger partial charge in [0.1, 0.15) is 0 Å². The lowest BCUT2D eigenvalue weighted by Gasteiger charge is -2.28. The maximum Gasteiger partial charge on any atom is 0.309 e. The van der Waals surface area contributed by atoms with Gasteiger partial charge < -0.3 is 9.47 Å². The van der Waals surface area contributed by atoms with Crippen LogP contribution < -0.4 is 0 Å². The summed E-state index contributed by atoms with van der Waals surface area (Å²) >= 11 is 0.